The summed E-state index contributed by atoms with van der Waals surface area (Å²) in [6, 6.07) is 21.5. The van der Waals surface area contributed by atoms with Gasteiger partial charge in [0.1, 0.15) is 37.1 Å². The van der Waals surface area contributed by atoms with Gasteiger partial charge in [0.25, 0.3) is 0 Å². The Hall–Kier alpha value is -6.67. The average molecular weight is 657 g/mol. The first kappa shape index (κ1) is 34.2. The lowest BCUT2D eigenvalue weighted by Crippen LogP contribution is -2.13. The molecule has 1 aliphatic rings. The summed E-state index contributed by atoms with van der Waals surface area (Å²) in [5, 5.41) is 8.44. The van der Waals surface area contributed by atoms with Crippen molar-refractivity contribution in [3.05, 3.63) is 142 Å². The van der Waals surface area contributed by atoms with Gasteiger partial charge in [0.2, 0.25) is 0 Å². The third kappa shape index (κ3) is 8.95. The van der Waals surface area contributed by atoms with Gasteiger partial charge in [-0.05, 0) is 60.7 Å². The second kappa shape index (κ2) is 16.6. The number of furan rings is 3. The number of carbonyl (C=O) groups is 7. The van der Waals surface area contributed by atoms with Crippen LogP contribution in [-0.2, 0) is 34.0 Å². The third-order valence-corrected chi connectivity index (χ3v) is 6.16. The molecule has 2 aromatic carbocycles. The molecule has 6 rings (SSSR count). The third-order valence-electron chi connectivity index (χ3n) is 6.16. The van der Waals surface area contributed by atoms with Gasteiger partial charge in [-0.15, -0.1) is 0 Å². The first-order chi connectivity index (χ1) is 23.3. The van der Waals surface area contributed by atoms with Crippen LogP contribution in [-0.4, -0.2) is 47.8 Å². The van der Waals surface area contributed by atoms with E-state index in [1.54, 1.807) is 42.5 Å². The lowest BCUT2D eigenvalue weighted by Gasteiger charge is -2.08. The summed E-state index contributed by atoms with van der Waals surface area (Å²) in [6.45, 7) is -0.554. The van der Waals surface area contributed by atoms with Gasteiger partial charge in [0.05, 0.1) is 22.3 Å². The number of ether oxygens (including phenoxy) is 3. The highest BCUT2D eigenvalue weighted by molar-refractivity contribution is 6.14. The Kier molecular flexibility index (Phi) is 11.8. The molecule has 14 nitrogen and oxygen atoms in total. The van der Waals surface area contributed by atoms with Crippen LogP contribution in [0.3, 0.4) is 0 Å². The van der Waals surface area contributed by atoms with Crippen molar-refractivity contribution in [1.82, 2.24) is 0 Å². The molecular formula is C34H24O14. The fourth-order valence-corrected chi connectivity index (χ4v) is 3.91. The van der Waals surface area contributed by atoms with E-state index in [0.29, 0.717) is 47.3 Å². The number of aliphatic hydroxyl groups is 1. The second-order valence-corrected chi connectivity index (χ2v) is 9.34. The molecule has 0 fully saturated rings. The van der Waals surface area contributed by atoms with Gasteiger partial charge in [0, 0.05) is 0 Å². The molecule has 0 spiro atoms. The molecule has 14 heteroatoms. The van der Waals surface area contributed by atoms with E-state index in [0.717, 1.165) is 0 Å². The van der Waals surface area contributed by atoms with Gasteiger partial charge in [-0.3, -0.25) is 14.4 Å². The minimum Gasteiger partial charge on any atom is -0.456 e. The number of hydrogen-bond donors (Lipinski definition) is 1. The van der Waals surface area contributed by atoms with E-state index in [9.17, 15) is 33.6 Å². The molecule has 5 aromatic rings. The van der Waals surface area contributed by atoms with Gasteiger partial charge in [-0.25, -0.2) is 19.2 Å². The molecule has 0 radical (unpaired) electrons. The number of hydrogen-bond acceptors (Lipinski definition) is 14. The molecule has 0 atom stereocenters. The number of aliphatic hydroxyl groups excluding tert-OH is 1. The largest absolute Gasteiger partial charge is 0.456 e. The molecule has 0 bridgehead atoms. The van der Waals surface area contributed by atoms with Gasteiger partial charge in [0.15, 0.2) is 36.1 Å². The number of rotatable bonds is 10. The van der Waals surface area contributed by atoms with Gasteiger partial charge < -0.3 is 32.6 Å². The quantitative estimate of drug-likeness (QED) is 0.0928. The summed E-state index contributed by atoms with van der Waals surface area (Å²) >= 11 is 0. The lowest BCUT2D eigenvalue weighted by atomic mass is 10.1. The molecule has 4 heterocycles. The minimum atomic E-state index is -0.752. The molecule has 0 aliphatic carbocycles. The predicted molar refractivity (Wildman–Crippen MR) is 159 cm³/mol. The van der Waals surface area contributed by atoms with E-state index in [1.807, 2.05) is 0 Å². The number of aldehydes is 3. The molecule has 0 saturated heterocycles. The highest BCUT2D eigenvalue weighted by atomic mass is 16.6. The SMILES string of the molecule is O=C1OC(=O)c2ccccc21.O=Cc1ccc(CO)o1.O=Cc1ccc(COC(=O)c2ccccc2C(=O)OCc2ccc(C=O)o2)o1. The summed E-state index contributed by atoms with van der Waals surface area (Å²) in [7, 11) is 0. The molecule has 244 valence electrons. The fraction of sp³-hybridized carbons (Fsp3) is 0.0882. The summed E-state index contributed by atoms with van der Waals surface area (Å²) in [5.41, 5.74) is 0.750. The predicted octanol–water partition coefficient (Wildman–Crippen LogP) is 4.79. The zero-order valence-electron chi connectivity index (χ0n) is 24.7. The number of carbonyl (C=O) groups excluding carboxylic acids is 7. The standard InChI is InChI=1S/C20H14O8.C8H4O3.C6H6O3/c21-9-13-5-7-15(27-13)11-25-19(23)17-3-1-2-4-18(17)20(24)26-12-16-8-6-14(10-22)28-16;9-7-5-3-1-2-4-6(5)8(10)11-7;7-3-5-1-2-6(4-8)9-5/h1-10H,11-12H2;1-4H;1-3,8H,4H2. The molecule has 3 aromatic heterocycles. The van der Waals surface area contributed by atoms with Crippen LogP contribution in [0.4, 0.5) is 0 Å². The molecule has 0 unspecified atom stereocenters. The average Bonchev–Trinajstić information content (AvgIpc) is 3.94. The van der Waals surface area contributed by atoms with Crippen molar-refractivity contribution in [1.29, 1.82) is 0 Å². The van der Waals surface area contributed by atoms with Crippen LogP contribution in [0.5, 0.6) is 0 Å². The Morgan fingerprint density at radius 3 is 1.29 bits per heavy atom. The number of cyclic esters (lactones) is 2. The van der Waals surface area contributed by atoms with E-state index < -0.39 is 23.9 Å². The van der Waals surface area contributed by atoms with E-state index >= 15 is 0 Å². The molecule has 0 amide bonds. The van der Waals surface area contributed by atoms with Gasteiger partial charge >= 0.3 is 23.9 Å². The zero-order chi connectivity index (χ0) is 34.5. The van der Waals surface area contributed by atoms with Crippen LogP contribution in [0, 0.1) is 0 Å². The van der Waals surface area contributed by atoms with Gasteiger partial charge in [-0.1, -0.05) is 24.3 Å². The molecular weight excluding hydrogens is 632 g/mol. The Morgan fingerprint density at radius 2 is 0.938 bits per heavy atom. The van der Waals surface area contributed by atoms with Crippen LogP contribution < -0.4 is 0 Å². The van der Waals surface area contributed by atoms with E-state index in [-0.39, 0.29) is 48.2 Å². The van der Waals surface area contributed by atoms with E-state index in [2.05, 4.69) is 4.74 Å². The monoisotopic (exact) mass is 656 g/mol. The van der Waals surface area contributed by atoms with Crippen LogP contribution in [0.1, 0.15) is 90.4 Å². The smallest absolute Gasteiger partial charge is 0.346 e. The number of benzene rings is 2. The van der Waals surface area contributed by atoms with Gasteiger partial charge in [-0.2, -0.15) is 0 Å². The van der Waals surface area contributed by atoms with Crippen LogP contribution >= 0.6 is 0 Å². The van der Waals surface area contributed by atoms with E-state index in [4.69, 9.17) is 27.8 Å². The maximum atomic E-state index is 12.3. The summed E-state index contributed by atoms with van der Waals surface area (Å²) in [5.74, 6) is -1.13. The fourth-order valence-electron chi connectivity index (χ4n) is 3.91. The van der Waals surface area contributed by atoms with Crippen molar-refractivity contribution in [2.75, 3.05) is 0 Å². The van der Waals surface area contributed by atoms with E-state index in [1.165, 1.54) is 42.5 Å². The summed E-state index contributed by atoms with van der Waals surface area (Å²) in [4.78, 5) is 77.5. The summed E-state index contributed by atoms with van der Waals surface area (Å²) in [6.07, 6.45) is 1.67. The first-order valence-corrected chi connectivity index (χ1v) is 13.8. The van der Waals surface area contributed by atoms with Crippen molar-refractivity contribution < 1.29 is 66.1 Å². The summed E-state index contributed by atoms with van der Waals surface area (Å²) < 4.78 is 29.6. The molecule has 0 saturated carbocycles. The highest BCUT2D eigenvalue weighted by Gasteiger charge is 2.28. The normalized spacial score (nSPS) is 11.1. The van der Waals surface area contributed by atoms with Crippen LogP contribution in [0.2, 0.25) is 0 Å². The van der Waals surface area contributed by atoms with Crippen molar-refractivity contribution in [3.8, 4) is 0 Å². The highest BCUT2D eigenvalue weighted by Crippen LogP contribution is 2.19. The maximum Gasteiger partial charge on any atom is 0.346 e. The van der Waals surface area contributed by atoms with Crippen LogP contribution in [0.25, 0.3) is 0 Å². The second-order valence-electron chi connectivity index (χ2n) is 9.34. The molecule has 1 aliphatic heterocycles. The van der Waals surface area contributed by atoms with Crippen molar-refractivity contribution in [3.63, 3.8) is 0 Å². The number of fused-ring (bicyclic) bond motifs is 1. The van der Waals surface area contributed by atoms with Crippen LogP contribution in [0.15, 0.2) is 98.2 Å². The van der Waals surface area contributed by atoms with Crippen molar-refractivity contribution >= 4 is 42.7 Å². The zero-order valence-corrected chi connectivity index (χ0v) is 24.7. The Bertz CT molecular complexity index is 1830. The van der Waals surface area contributed by atoms with Crippen molar-refractivity contribution in [2.45, 2.75) is 19.8 Å². The first-order valence-electron chi connectivity index (χ1n) is 13.8. The topological polar surface area (TPSA) is 207 Å². The van der Waals surface area contributed by atoms with Crippen molar-refractivity contribution in [2.24, 2.45) is 0 Å². The Balaban J connectivity index is 0.000000210. The number of esters is 4. The Morgan fingerprint density at radius 1 is 0.562 bits per heavy atom. The lowest BCUT2D eigenvalue weighted by molar-refractivity contribution is 0.0398. The molecule has 1 N–H and O–H groups in total. The maximum absolute atomic E-state index is 12.3. The molecule has 48 heavy (non-hydrogen) atoms. The minimum absolute atomic E-state index is 0.0164. The Labute approximate surface area is 270 Å².